The molecule has 2 nitrogen and oxygen atoms in total. The SMILES string of the molecule is CCOc1ccc2ccccc2c1C#CCN. The summed E-state index contributed by atoms with van der Waals surface area (Å²) in [6.45, 7) is 2.96. The zero-order valence-electron chi connectivity index (χ0n) is 9.86. The van der Waals surface area contributed by atoms with Crippen molar-refractivity contribution in [3.8, 4) is 17.6 Å². The van der Waals surface area contributed by atoms with E-state index in [0.717, 1.165) is 22.1 Å². The van der Waals surface area contributed by atoms with Crippen LogP contribution in [0.3, 0.4) is 0 Å². The molecule has 0 saturated heterocycles. The Morgan fingerprint density at radius 3 is 2.76 bits per heavy atom. The van der Waals surface area contributed by atoms with E-state index < -0.39 is 0 Å². The average Bonchev–Trinajstić information content (AvgIpc) is 2.37. The van der Waals surface area contributed by atoms with Gasteiger partial charge in [0.2, 0.25) is 0 Å². The Bertz CT molecular complexity index is 578. The topological polar surface area (TPSA) is 35.2 Å². The van der Waals surface area contributed by atoms with Crippen molar-refractivity contribution in [1.29, 1.82) is 0 Å². The van der Waals surface area contributed by atoms with Crippen LogP contribution < -0.4 is 10.5 Å². The number of benzene rings is 2. The van der Waals surface area contributed by atoms with Crippen LogP contribution in [0.15, 0.2) is 36.4 Å². The molecule has 2 aromatic rings. The van der Waals surface area contributed by atoms with Gasteiger partial charge >= 0.3 is 0 Å². The lowest BCUT2D eigenvalue weighted by Crippen LogP contribution is -1.97. The Morgan fingerprint density at radius 2 is 2.00 bits per heavy atom. The van der Waals surface area contributed by atoms with Gasteiger partial charge in [-0.15, -0.1) is 0 Å². The van der Waals surface area contributed by atoms with Gasteiger partial charge in [-0.3, -0.25) is 0 Å². The lowest BCUT2D eigenvalue weighted by atomic mass is 10.0. The fourth-order valence-corrected chi connectivity index (χ4v) is 1.80. The number of rotatable bonds is 2. The molecule has 0 aliphatic heterocycles. The maximum Gasteiger partial charge on any atom is 0.135 e. The molecule has 0 aromatic heterocycles. The smallest absolute Gasteiger partial charge is 0.135 e. The second-order valence-corrected chi connectivity index (χ2v) is 3.60. The van der Waals surface area contributed by atoms with Gasteiger partial charge in [-0.05, 0) is 18.4 Å². The summed E-state index contributed by atoms with van der Waals surface area (Å²) < 4.78 is 5.60. The van der Waals surface area contributed by atoms with Gasteiger partial charge in [0.25, 0.3) is 0 Å². The summed E-state index contributed by atoms with van der Waals surface area (Å²) in [5, 5.41) is 2.27. The minimum absolute atomic E-state index is 0.356. The molecule has 2 aromatic carbocycles. The van der Waals surface area contributed by atoms with Crippen LogP contribution in [0.4, 0.5) is 0 Å². The van der Waals surface area contributed by atoms with Crippen LogP contribution >= 0.6 is 0 Å². The van der Waals surface area contributed by atoms with Crippen LogP contribution in [0.5, 0.6) is 5.75 Å². The summed E-state index contributed by atoms with van der Waals surface area (Å²) in [6, 6.07) is 12.2. The van der Waals surface area contributed by atoms with E-state index in [-0.39, 0.29) is 0 Å². The molecule has 0 spiro atoms. The summed E-state index contributed by atoms with van der Waals surface area (Å²) >= 11 is 0. The molecule has 0 fully saturated rings. The number of fused-ring (bicyclic) bond motifs is 1. The molecule has 2 rings (SSSR count). The third-order valence-corrected chi connectivity index (χ3v) is 2.51. The first-order valence-electron chi connectivity index (χ1n) is 5.70. The first-order valence-corrected chi connectivity index (χ1v) is 5.70. The number of hydrogen-bond acceptors (Lipinski definition) is 2. The van der Waals surface area contributed by atoms with Crippen molar-refractivity contribution in [3.05, 3.63) is 42.0 Å². The van der Waals surface area contributed by atoms with E-state index in [2.05, 4.69) is 24.0 Å². The second-order valence-electron chi connectivity index (χ2n) is 3.60. The van der Waals surface area contributed by atoms with Gasteiger partial charge in [-0.2, -0.15) is 0 Å². The van der Waals surface area contributed by atoms with Gasteiger partial charge < -0.3 is 10.5 Å². The number of nitrogens with two attached hydrogens (primary N) is 1. The highest BCUT2D eigenvalue weighted by Crippen LogP contribution is 2.27. The van der Waals surface area contributed by atoms with Crippen molar-refractivity contribution in [2.45, 2.75) is 6.92 Å². The molecule has 2 N–H and O–H groups in total. The van der Waals surface area contributed by atoms with Crippen LogP contribution in [-0.2, 0) is 0 Å². The normalized spacial score (nSPS) is 9.76. The standard InChI is InChI=1S/C15H15NO/c1-2-17-15-10-9-12-6-3-4-7-13(12)14(15)8-5-11-16/h3-4,6-7,9-10H,2,11,16H2,1H3. The molecule has 0 bridgehead atoms. The van der Waals surface area contributed by atoms with Crippen molar-refractivity contribution in [1.82, 2.24) is 0 Å². The van der Waals surface area contributed by atoms with Crippen molar-refractivity contribution >= 4 is 10.8 Å². The summed E-state index contributed by atoms with van der Waals surface area (Å²) in [5.41, 5.74) is 6.36. The molecule has 0 saturated carbocycles. The van der Waals surface area contributed by atoms with Gasteiger partial charge in [-0.1, -0.05) is 42.2 Å². The molecule has 86 valence electrons. The highest BCUT2D eigenvalue weighted by atomic mass is 16.5. The van der Waals surface area contributed by atoms with Crippen LogP contribution in [-0.4, -0.2) is 13.2 Å². The molecular formula is C15H15NO. The molecule has 0 aliphatic rings. The molecule has 17 heavy (non-hydrogen) atoms. The highest BCUT2D eigenvalue weighted by Gasteiger charge is 2.05. The molecule has 0 heterocycles. The van der Waals surface area contributed by atoms with E-state index in [9.17, 15) is 0 Å². The lowest BCUT2D eigenvalue weighted by Gasteiger charge is -2.08. The van der Waals surface area contributed by atoms with Crippen molar-refractivity contribution in [2.24, 2.45) is 5.73 Å². The van der Waals surface area contributed by atoms with E-state index in [1.807, 2.05) is 31.2 Å². The Kier molecular flexibility index (Phi) is 3.64. The number of ether oxygens (including phenoxy) is 1. The molecule has 2 heteroatoms. The molecule has 0 amide bonds. The molecule has 0 radical (unpaired) electrons. The lowest BCUT2D eigenvalue weighted by molar-refractivity contribution is 0.340. The van der Waals surface area contributed by atoms with Gasteiger partial charge in [0, 0.05) is 5.39 Å². The predicted octanol–water partition coefficient (Wildman–Crippen LogP) is 2.55. The zero-order chi connectivity index (χ0) is 12.1. The van der Waals surface area contributed by atoms with Gasteiger partial charge in [-0.25, -0.2) is 0 Å². The van der Waals surface area contributed by atoms with Crippen molar-refractivity contribution in [2.75, 3.05) is 13.2 Å². The van der Waals surface area contributed by atoms with Crippen molar-refractivity contribution < 1.29 is 4.74 Å². The van der Waals surface area contributed by atoms with E-state index in [1.54, 1.807) is 0 Å². The minimum atomic E-state index is 0.356. The van der Waals surface area contributed by atoms with E-state index in [1.165, 1.54) is 0 Å². The highest BCUT2D eigenvalue weighted by molar-refractivity contribution is 5.90. The second kappa shape index (κ2) is 5.38. The van der Waals surface area contributed by atoms with Crippen LogP contribution in [0.2, 0.25) is 0 Å². The number of hydrogen-bond donors (Lipinski definition) is 1. The fourth-order valence-electron chi connectivity index (χ4n) is 1.80. The summed E-state index contributed by atoms with van der Waals surface area (Å²) in [6.07, 6.45) is 0. The summed E-state index contributed by atoms with van der Waals surface area (Å²) in [5.74, 6) is 6.82. The van der Waals surface area contributed by atoms with E-state index in [4.69, 9.17) is 10.5 Å². The first kappa shape index (κ1) is 11.5. The zero-order valence-corrected chi connectivity index (χ0v) is 9.86. The van der Waals surface area contributed by atoms with Crippen LogP contribution in [0, 0.1) is 11.8 Å². The Balaban J connectivity index is 2.65. The monoisotopic (exact) mass is 225 g/mol. The third-order valence-electron chi connectivity index (χ3n) is 2.51. The Hall–Kier alpha value is -1.98. The Labute approximate surface area is 101 Å². The Morgan fingerprint density at radius 1 is 1.18 bits per heavy atom. The van der Waals surface area contributed by atoms with Crippen LogP contribution in [0.25, 0.3) is 10.8 Å². The minimum Gasteiger partial charge on any atom is -0.493 e. The molecule has 0 unspecified atom stereocenters. The van der Waals surface area contributed by atoms with Gasteiger partial charge in [0.05, 0.1) is 18.7 Å². The fraction of sp³-hybridized carbons (Fsp3) is 0.200. The van der Waals surface area contributed by atoms with Crippen molar-refractivity contribution in [3.63, 3.8) is 0 Å². The molecule has 0 atom stereocenters. The maximum absolute atomic E-state index is 5.60. The average molecular weight is 225 g/mol. The maximum atomic E-state index is 5.60. The quantitative estimate of drug-likeness (QED) is 0.797. The van der Waals surface area contributed by atoms with Gasteiger partial charge in [0.15, 0.2) is 0 Å². The predicted molar refractivity (Wildman–Crippen MR) is 71.0 cm³/mol. The third kappa shape index (κ3) is 2.41. The summed E-state index contributed by atoms with van der Waals surface area (Å²) in [4.78, 5) is 0. The molecule has 0 aliphatic carbocycles. The van der Waals surface area contributed by atoms with E-state index >= 15 is 0 Å². The van der Waals surface area contributed by atoms with Gasteiger partial charge in [0.1, 0.15) is 5.75 Å². The summed E-state index contributed by atoms with van der Waals surface area (Å²) in [7, 11) is 0. The van der Waals surface area contributed by atoms with Crippen LogP contribution in [0.1, 0.15) is 12.5 Å². The van der Waals surface area contributed by atoms with E-state index in [0.29, 0.717) is 13.2 Å². The largest absolute Gasteiger partial charge is 0.493 e. The first-order chi connectivity index (χ1) is 8.36. The molecular weight excluding hydrogens is 210 g/mol.